The van der Waals surface area contributed by atoms with Crippen LogP contribution in [0.1, 0.15) is 31.3 Å². The number of thiazole rings is 1. The lowest BCUT2D eigenvalue weighted by Crippen LogP contribution is -2.47. The summed E-state index contributed by atoms with van der Waals surface area (Å²) in [4.78, 5) is 16.7. The van der Waals surface area contributed by atoms with Crippen LogP contribution in [0.2, 0.25) is 0 Å². The van der Waals surface area contributed by atoms with Crippen LogP contribution in [0, 0.1) is 6.92 Å². The smallest absolute Gasteiger partial charge is 0.225 e. The third kappa shape index (κ3) is 3.98. The third-order valence-electron chi connectivity index (χ3n) is 2.67. The summed E-state index contributed by atoms with van der Waals surface area (Å²) in [5.41, 5.74) is 5.42. The van der Waals surface area contributed by atoms with Gasteiger partial charge in [0, 0.05) is 4.88 Å². The molecular weight excluding hydrogens is 238 g/mol. The van der Waals surface area contributed by atoms with E-state index in [1.165, 1.54) is 11.3 Å². The number of nitrogen functional groups attached to an aromatic ring is 1. The third-order valence-corrected chi connectivity index (χ3v) is 3.65. The van der Waals surface area contributed by atoms with Crippen molar-refractivity contribution in [2.45, 2.75) is 45.8 Å². The lowest BCUT2D eigenvalue weighted by atomic mass is 10.0. The number of aromatic nitrogens is 1. The van der Waals surface area contributed by atoms with Crippen LogP contribution < -0.4 is 11.1 Å². The standard InChI is InChI=1S/C11H19N3O2S/c1-6-8(17-10(12)13-6)5-9(15)14-7(2)11(3,4)16/h7,16H,5H2,1-4H3,(H2,12,13)(H,14,15). The van der Waals surface area contributed by atoms with Crippen molar-refractivity contribution in [3.8, 4) is 0 Å². The van der Waals surface area contributed by atoms with Gasteiger partial charge in [-0.3, -0.25) is 4.79 Å². The summed E-state index contributed by atoms with van der Waals surface area (Å²) >= 11 is 1.32. The summed E-state index contributed by atoms with van der Waals surface area (Å²) in [7, 11) is 0. The normalized spacial score (nSPS) is 13.5. The maximum absolute atomic E-state index is 11.7. The van der Waals surface area contributed by atoms with Gasteiger partial charge in [-0.2, -0.15) is 0 Å². The molecule has 1 aromatic rings. The molecule has 96 valence electrons. The maximum Gasteiger partial charge on any atom is 0.225 e. The SMILES string of the molecule is Cc1nc(N)sc1CC(=O)NC(C)C(C)(C)O. The van der Waals surface area contributed by atoms with Gasteiger partial charge in [0.15, 0.2) is 5.13 Å². The molecule has 0 bridgehead atoms. The molecular formula is C11H19N3O2S. The fourth-order valence-electron chi connectivity index (χ4n) is 1.23. The van der Waals surface area contributed by atoms with Crippen LogP contribution in [0.15, 0.2) is 0 Å². The minimum Gasteiger partial charge on any atom is -0.388 e. The lowest BCUT2D eigenvalue weighted by molar-refractivity contribution is -0.122. The van der Waals surface area contributed by atoms with Crippen LogP contribution >= 0.6 is 11.3 Å². The first kappa shape index (κ1) is 13.9. The zero-order chi connectivity index (χ0) is 13.2. The van der Waals surface area contributed by atoms with Gasteiger partial charge in [0.1, 0.15) is 0 Å². The van der Waals surface area contributed by atoms with Crippen LogP contribution in [0.4, 0.5) is 5.13 Å². The highest BCUT2D eigenvalue weighted by Gasteiger charge is 2.24. The molecule has 0 spiro atoms. The highest BCUT2D eigenvalue weighted by atomic mass is 32.1. The first-order valence-corrected chi connectivity index (χ1v) is 6.25. The van der Waals surface area contributed by atoms with Crippen molar-refractivity contribution in [1.29, 1.82) is 0 Å². The molecule has 0 aliphatic rings. The molecule has 1 rings (SSSR count). The van der Waals surface area contributed by atoms with Gasteiger partial charge in [-0.05, 0) is 27.7 Å². The second-order valence-electron chi connectivity index (χ2n) is 4.68. The Kier molecular flexibility index (Phi) is 4.11. The van der Waals surface area contributed by atoms with E-state index in [2.05, 4.69) is 10.3 Å². The van der Waals surface area contributed by atoms with E-state index in [1.807, 2.05) is 6.92 Å². The van der Waals surface area contributed by atoms with Crippen LogP contribution in [0.3, 0.4) is 0 Å². The second-order valence-corrected chi connectivity index (χ2v) is 5.80. The van der Waals surface area contributed by atoms with Crippen LogP contribution in [-0.4, -0.2) is 27.6 Å². The number of rotatable bonds is 4. The fourth-order valence-corrected chi connectivity index (χ4v) is 2.06. The number of carbonyl (C=O) groups excluding carboxylic acids is 1. The van der Waals surface area contributed by atoms with Gasteiger partial charge in [-0.1, -0.05) is 0 Å². The van der Waals surface area contributed by atoms with E-state index in [1.54, 1.807) is 20.8 Å². The van der Waals surface area contributed by atoms with E-state index in [9.17, 15) is 9.90 Å². The van der Waals surface area contributed by atoms with Gasteiger partial charge in [0.25, 0.3) is 0 Å². The summed E-state index contributed by atoms with van der Waals surface area (Å²) in [6.45, 7) is 6.92. The molecule has 4 N–H and O–H groups in total. The van der Waals surface area contributed by atoms with Crippen molar-refractivity contribution in [3.05, 3.63) is 10.6 Å². The number of nitrogens with zero attached hydrogens (tertiary/aromatic N) is 1. The van der Waals surface area contributed by atoms with Crippen molar-refractivity contribution in [3.63, 3.8) is 0 Å². The fraction of sp³-hybridized carbons (Fsp3) is 0.636. The van der Waals surface area contributed by atoms with Gasteiger partial charge in [-0.15, -0.1) is 11.3 Å². The first-order valence-electron chi connectivity index (χ1n) is 5.43. The Labute approximate surface area is 105 Å². The number of aliphatic hydroxyl groups is 1. The Bertz CT molecular complexity index is 409. The van der Waals surface area contributed by atoms with Gasteiger partial charge in [0.05, 0.1) is 23.8 Å². The van der Waals surface area contributed by atoms with E-state index in [0.29, 0.717) is 5.13 Å². The Balaban J connectivity index is 2.59. The van der Waals surface area contributed by atoms with Crippen LogP contribution in [0.5, 0.6) is 0 Å². The largest absolute Gasteiger partial charge is 0.388 e. The number of anilines is 1. The lowest BCUT2D eigenvalue weighted by Gasteiger charge is -2.26. The topological polar surface area (TPSA) is 88.2 Å². The number of carbonyl (C=O) groups is 1. The summed E-state index contributed by atoms with van der Waals surface area (Å²) in [5, 5.41) is 12.9. The molecule has 0 aliphatic carbocycles. The zero-order valence-electron chi connectivity index (χ0n) is 10.6. The summed E-state index contributed by atoms with van der Waals surface area (Å²) < 4.78 is 0. The number of hydrogen-bond acceptors (Lipinski definition) is 5. The van der Waals surface area contributed by atoms with Crippen LogP contribution in [0.25, 0.3) is 0 Å². The van der Waals surface area contributed by atoms with Gasteiger partial charge >= 0.3 is 0 Å². The Morgan fingerprint density at radius 2 is 2.24 bits per heavy atom. The maximum atomic E-state index is 11.7. The zero-order valence-corrected chi connectivity index (χ0v) is 11.4. The van der Waals surface area contributed by atoms with Crippen molar-refractivity contribution < 1.29 is 9.90 Å². The number of nitrogens with two attached hydrogens (primary N) is 1. The Hall–Kier alpha value is -1.14. The molecule has 1 atom stereocenters. The first-order chi connectivity index (χ1) is 7.70. The van der Waals surface area contributed by atoms with E-state index < -0.39 is 5.60 Å². The number of hydrogen-bond donors (Lipinski definition) is 3. The molecule has 5 nitrogen and oxygen atoms in total. The van der Waals surface area contributed by atoms with Gasteiger partial charge < -0.3 is 16.2 Å². The molecule has 0 saturated carbocycles. The summed E-state index contributed by atoms with van der Waals surface area (Å²) in [5.74, 6) is -0.133. The van der Waals surface area contributed by atoms with E-state index in [4.69, 9.17) is 5.73 Å². The predicted molar refractivity (Wildman–Crippen MR) is 68.9 cm³/mol. The van der Waals surface area contributed by atoms with Crippen molar-refractivity contribution in [2.24, 2.45) is 0 Å². The number of amides is 1. The Morgan fingerprint density at radius 3 is 2.65 bits per heavy atom. The molecule has 1 aromatic heterocycles. The summed E-state index contributed by atoms with van der Waals surface area (Å²) in [6.07, 6.45) is 0.251. The molecule has 1 amide bonds. The predicted octanol–water partition coefficient (Wildman–Crippen LogP) is 0.852. The van der Waals surface area contributed by atoms with Crippen molar-refractivity contribution >= 4 is 22.4 Å². The minimum atomic E-state index is -0.933. The van der Waals surface area contributed by atoms with Gasteiger partial charge in [-0.25, -0.2) is 4.98 Å². The summed E-state index contributed by atoms with van der Waals surface area (Å²) in [6, 6.07) is -0.305. The van der Waals surface area contributed by atoms with E-state index >= 15 is 0 Å². The van der Waals surface area contributed by atoms with Crippen molar-refractivity contribution in [1.82, 2.24) is 10.3 Å². The number of aryl methyl sites for hydroxylation is 1. The van der Waals surface area contributed by atoms with E-state index in [0.717, 1.165) is 10.6 Å². The molecule has 17 heavy (non-hydrogen) atoms. The molecule has 0 aromatic carbocycles. The highest BCUT2D eigenvalue weighted by molar-refractivity contribution is 7.15. The molecule has 6 heteroatoms. The molecule has 1 unspecified atom stereocenters. The molecule has 0 radical (unpaired) electrons. The molecule has 1 heterocycles. The van der Waals surface area contributed by atoms with Gasteiger partial charge in [0.2, 0.25) is 5.91 Å². The molecule has 0 aliphatic heterocycles. The monoisotopic (exact) mass is 257 g/mol. The Morgan fingerprint density at radius 1 is 1.65 bits per heavy atom. The van der Waals surface area contributed by atoms with Crippen LogP contribution in [-0.2, 0) is 11.2 Å². The quantitative estimate of drug-likeness (QED) is 0.746. The highest BCUT2D eigenvalue weighted by Crippen LogP contribution is 2.20. The molecule has 0 saturated heterocycles. The average molecular weight is 257 g/mol. The number of nitrogens with one attached hydrogen (secondary N) is 1. The molecule has 0 fully saturated rings. The average Bonchev–Trinajstić information content (AvgIpc) is 2.43. The second kappa shape index (κ2) is 5.01. The van der Waals surface area contributed by atoms with E-state index in [-0.39, 0.29) is 18.4 Å². The minimum absolute atomic E-state index is 0.133. The van der Waals surface area contributed by atoms with Crippen molar-refractivity contribution in [2.75, 3.05) is 5.73 Å².